The summed E-state index contributed by atoms with van der Waals surface area (Å²) in [6, 6.07) is 18.6. The van der Waals surface area contributed by atoms with Gasteiger partial charge in [0.05, 0.1) is 11.7 Å². The van der Waals surface area contributed by atoms with Gasteiger partial charge in [-0.05, 0) is 30.4 Å². The van der Waals surface area contributed by atoms with Crippen LogP contribution in [0.1, 0.15) is 55.1 Å². The quantitative estimate of drug-likeness (QED) is 0.483. The molecule has 4 rings (SSSR count). The summed E-state index contributed by atoms with van der Waals surface area (Å²) in [7, 11) is 0. The predicted molar refractivity (Wildman–Crippen MR) is 125 cm³/mol. The maximum atomic E-state index is 13.3. The van der Waals surface area contributed by atoms with Crippen LogP contribution in [0, 0.1) is 0 Å². The fraction of sp³-hybridized carbons (Fsp3) is 0.320. The third kappa shape index (κ3) is 4.70. The van der Waals surface area contributed by atoms with E-state index >= 15 is 0 Å². The Kier molecular flexibility index (Phi) is 6.90. The fourth-order valence-electron chi connectivity index (χ4n) is 4.11. The molecule has 2 atom stereocenters. The zero-order valence-electron chi connectivity index (χ0n) is 18.0. The third-order valence-corrected chi connectivity index (χ3v) is 6.02. The van der Waals surface area contributed by atoms with E-state index in [9.17, 15) is 9.59 Å². The predicted octanol–water partition coefficient (Wildman–Crippen LogP) is 5.08. The summed E-state index contributed by atoms with van der Waals surface area (Å²) in [6.07, 6.45) is 2.72. The second-order valence-corrected chi connectivity index (χ2v) is 8.28. The van der Waals surface area contributed by atoms with Crippen molar-refractivity contribution in [2.45, 2.75) is 51.3 Å². The van der Waals surface area contributed by atoms with Crippen molar-refractivity contribution in [1.82, 2.24) is 9.55 Å². The minimum absolute atomic E-state index is 0.0824. The summed E-state index contributed by atoms with van der Waals surface area (Å²) in [5, 5.41) is 3.52. The number of aromatic nitrogens is 2. The molecule has 0 radical (unpaired) electrons. The van der Waals surface area contributed by atoms with Crippen LogP contribution in [0.15, 0.2) is 65.5 Å². The molecule has 32 heavy (non-hydrogen) atoms. The molecule has 0 spiro atoms. The molecule has 166 valence electrons. The number of hydrogen-bond acceptors (Lipinski definition) is 5. The highest BCUT2D eigenvalue weighted by Gasteiger charge is 2.34. The number of benzene rings is 2. The molecule has 0 aliphatic carbocycles. The molecule has 1 aliphatic heterocycles. The minimum atomic E-state index is -0.705. The van der Waals surface area contributed by atoms with Gasteiger partial charge in [-0.1, -0.05) is 85.6 Å². The van der Waals surface area contributed by atoms with Crippen LogP contribution in [-0.2, 0) is 22.6 Å². The lowest BCUT2D eigenvalue weighted by atomic mass is 10.0. The van der Waals surface area contributed by atoms with Crippen LogP contribution >= 0.6 is 11.6 Å². The number of esters is 1. The SMILES string of the molecule is CCC[C@@H](Nc1nc(Cl)c2n(c1=O)[C@H](C(=O)OCc1ccccc1)CC2)c1ccccc1. The summed E-state index contributed by atoms with van der Waals surface area (Å²) in [4.78, 5) is 30.5. The molecule has 1 aromatic heterocycles. The Morgan fingerprint density at radius 3 is 2.56 bits per heavy atom. The number of hydrogen-bond donors (Lipinski definition) is 1. The van der Waals surface area contributed by atoms with Crippen molar-refractivity contribution in [3.8, 4) is 0 Å². The minimum Gasteiger partial charge on any atom is -0.459 e. The van der Waals surface area contributed by atoms with E-state index in [0.717, 1.165) is 24.0 Å². The Hall–Kier alpha value is -3.12. The summed E-state index contributed by atoms with van der Waals surface area (Å²) < 4.78 is 6.97. The number of carbonyl (C=O) groups excluding carboxylic acids is 1. The first-order valence-corrected chi connectivity index (χ1v) is 11.3. The molecule has 0 unspecified atom stereocenters. The molecule has 0 amide bonds. The number of carbonyl (C=O) groups is 1. The third-order valence-electron chi connectivity index (χ3n) is 5.71. The number of nitrogens with zero attached hydrogens (tertiary/aromatic N) is 2. The second-order valence-electron chi connectivity index (χ2n) is 7.92. The van der Waals surface area contributed by atoms with Gasteiger partial charge in [0.15, 0.2) is 11.0 Å². The monoisotopic (exact) mass is 451 g/mol. The number of nitrogens with one attached hydrogen (secondary N) is 1. The number of rotatable bonds is 8. The maximum Gasteiger partial charge on any atom is 0.329 e. The van der Waals surface area contributed by atoms with Crippen molar-refractivity contribution < 1.29 is 9.53 Å². The molecule has 0 saturated heterocycles. The molecule has 0 fully saturated rings. The topological polar surface area (TPSA) is 73.2 Å². The van der Waals surface area contributed by atoms with Gasteiger partial charge in [0.2, 0.25) is 0 Å². The summed E-state index contributed by atoms with van der Waals surface area (Å²) in [6.45, 7) is 2.25. The number of halogens is 1. The number of ether oxygens (including phenoxy) is 1. The van der Waals surface area contributed by atoms with E-state index in [1.807, 2.05) is 60.7 Å². The highest BCUT2D eigenvalue weighted by atomic mass is 35.5. The molecule has 7 heteroatoms. The number of anilines is 1. The van der Waals surface area contributed by atoms with Crippen LogP contribution in [0.25, 0.3) is 0 Å². The Balaban J connectivity index is 1.59. The fourth-order valence-corrected chi connectivity index (χ4v) is 4.38. The molecule has 1 aliphatic rings. The summed E-state index contributed by atoms with van der Waals surface area (Å²) in [5.41, 5.74) is 2.19. The molecule has 6 nitrogen and oxygen atoms in total. The standard InChI is InChI=1S/C25H26ClN3O3/c1-2-9-19(18-12-7-4-8-13-18)27-23-24(30)29-20(22(26)28-23)14-15-21(29)25(31)32-16-17-10-5-3-6-11-17/h3-8,10-13,19,21H,2,9,14-16H2,1H3,(H,27,28)/t19-,21+/m1/s1. The van der Waals surface area contributed by atoms with E-state index in [2.05, 4.69) is 17.2 Å². The molecule has 1 N–H and O–H groups in total. The van der Waals surface area contributed by atoms with Crippen molar-refractivity contribution in [1.29, 1.82) is 0 Å². The van der Waals surface area contributed by atoms with E-state index in [-0.39, 0.29) is 29.2 Å². The first-order chi connectivity index (χ1) is 15.6. The molecular weight excluding hydrogens is 426 g/mol. The van der Waals surface area contributed by atoms with Crippen molar-refractivity contribution >= 4 is 23.4 Å². The highest BCUT2D eigenvalue weighted by Crippen LogP contribution is 2.31. The smallest absolute Gasteiger partial charge is 0.329 e. The molecule has 3 aromatic rings. The van der Waals surface area contributed by atoms with Gasteiger partial charge in [-0.25, -0.2) is 9.78 Å². The summed E-state index contributed by atoms with van der Waals surface area (Å²) in [5.74, 6) is -0.278. The summed E-state index contributed by atoms with van der Waals surface area (Å²) >= 11 is 6.43. The molecule has 2 aromatic carbocycles. The first-order valence-electron chi connectivity index (χ1n) is 10.9. The molecule has 2 heterocycles. The van der Waals surface area contributed by atoms with Gasteiger partial charge in [0.1, 0.15) is 12.6 Å². The lowest BCUT2D eigenvalue weighted by Crippen LogP contribution is -2.32. The van der Waals surface area contributed by atoms with Crippen LogP contribution in [0.2, 0.25) is 5.15 Å². The highest BCUT2D eigenvalue weighted by molar-refractivity contribution is 6.30. The van der Waals surface area contributed by atoms with E-state index in [1.54, 1.807) is 0 Å². The normalized spacial score (nSPS) is 15.8. The Morgan fingerprint density at radius 1 is 1.19 bits per heavy atom. The van der Waals surface area contributed by atoms with Crippen LogP contribution < -0.4 is 10.9 Å². The number of fused-ring (bicyclic) bond motifs is 1. The zero-order chi connectivity index (χ0) is 22.5. The van der Waals surface area contributed by atoms with Crippen molar-refractivity contribution in [3.05, 3.63) is 93.0 Å². The zero-order valence-corrected chi connectivity index (χ0v) is 18.7. The molecule has 0 saturated carbocycles. The van der Waals surface area contributed by atoms with Gasteiger partial charge in [-0.3, -0.25) is 9.36 Å². The first kappa shape index (κ1) is 22.1. The van der Waals surface area contributed by atoms with Gasteiger partial charge in [-0.2, -0.15) is 0 Å². The van der Waals surface area contributed by atoms with Crippen LogP contribution in [0.3, 0.4) is 0 Å². The van der Waals surface area contributed by atoms with E-state index in [4.69, 9.17) is 16.3 Å². The second kappa shape index (κ2) is 10.0. The Morgan fingerprint density at radius 2 is 1.88 bits per heavy atom. The lowest BCUT2D eigenvalue weighted by molar-refractivity contribution is -0.148. The van der Waals surface area contributed by atoms with Gasteiger partial charge < -0.3 is 10.1 Å². The van der Waals surface area contributed by atoms with E-state index in [1.165, 1.54) is 4.57 Å². The van der Waals surface area contributed by atoms with E-state index in [0.29, 0.717) is 18.5 Å². The van der Waals surface area contributed by atoms with Gasteiger partial charge in [0.25, 0.3) is 5.56 Å². The largest absolute Gasteiger partial charge is 0.459 e. The lowest BCUT2D eigenvalue weighted by Gasteiger charge is -2.21. The maximum absolute atomic E-state index is 13.3. The van der Waals surface area contributed by atoms with Crippen LogP contribution in [0.5, 0.6) is 0 Å². The molecular formula is C25H26ClN3O3. The molecule has 0 bridgehead atoms. The Bertz CT molecular complexity index is 1130. The van der Waals surface area contributed by atoms with Crippen molar-refractivity contribution in [2.75, 3.05) is 5.32 Å². The Labute approximate surface area is 192 Å². The van der Waals surface area contributed by atoms with Gasteiger partial charge in [-0.15, -0.1) is 0 Å². The van der Waals surface area contributed by atoms with Gasteiger partial charge in [0, 0.05) is 0 Å². The van der Waals surface area contributed by atoms with E-state index < -0.39 is 12.0 Å². The van der Waals surface area contributed by atoms with Crippen molar-refractivity contribution in [2.24, 2.45) is 0 Å². The average Bonchev–Trinajstić information content (AvgIpc) is 3.28. The van der Waals surface area contributed by atoms with Crippen molar-refractivity contribution in [3.63, 3.8) is 0 Å². The van der Waals surface area contributed by atoms with Gasteiger partial charge >= 0.3 is 5.97 Å². The van der Waals surface area contributed by atoms with Crippen LogP contribution in [0.4, 0.5) is 5.82 Å². The average molecular weight is 452 g/mol. The van der Waals surface area contributed by atoms with Crippen LogP contribution in [-0.4, -0.2) is 15.5 Å².